The van der Waals surface area contributed by atoms with E-state index in [1.807, 2.05) is 27.7 Å². The van der Waals surface area contributed by atoms with E-state index in [-0.39, 0.29) is 30.3 Å². The minimum absolute atomic E-state index is 0.0461. The summed E-state index contributed by atoms with van der Waals surface area (Å²) in [5, 5.41) is 2.79. The minimum Gasteiger partial charge on any atom is -0.443 e. The molecular formula is C26H49N3O7. The maximum absolute atomic E-state index is 12.2. The minimum atomic E-state index is -0.729. The van der Waals surface area contributed by atoms with Crippen molar-refractivity contribution in [3.05, 3.63) is 0 Å². The predicted octanol–water partition coefficient (Wildman–Crippen LogP) is 3.67. The van der Waals surface area contributed by atoms with Gasteiger partial charge in [-0.2, -0.15) is 0 Å². The van der Waals surface area contributed by atoms with Gasteiger partial charge in [0.25, 0.3) is 0 Å². The van der Waals surface area contributed by atoms with Gasteiger partial charge >= 0.3 is 6.09 Å². The zero-order valence-electron chi connectivity index (χ0n) is 23.7. The average Bonchev–Trinajstić information content (AvgIpc) is 2.73. The summed E-state index contributed by atoms with van der Waals surface area (Å²) in [7, 11) is 0. The third-order valence-electron chi connectivity index (χ3n) is 5.48. The van der Waals surface area contributed by atoms with Crippen LogP contribution >= 0.6 is 0 Å². The van der Waals surface area contributed by atoms with E-state index in [9.17, 15) is 19.2 Å². The summed E-state index contributed by atoms with van der Waals surface area (Å²) in [6.07, 6.45) is 2.67. The van der Waals surface area contributed by atoms with Gasteiger partial charge in [0.05, 0.1) is 24.2 Å². The fraction of sp³-hybridized carbons (Fsp3) is 0.846. The molecule has 0 aliphatic rings. The number of hydrogen-bond acceptors (Lipinski definition) is 7. The van der Waals surface area contributed by atoms with E-state index in [2.05, 4.69) is 16.2 Å². The largest absolute Gasteiger partial charge is 0.443 e. The molecule has 3 N–H and O–H groups in total. The van der Waals surface area contributed by atoms with E-state index in [1.54, 1.807) is 34.6 Å². The highest BCUT2D eigenvalue weighted by Gasteiger charge is 2.24. The Morgan fingerprint density at radius 1 is 0.917 bits per heavy atom. The molecular weight excluding hydrogens is 466 g/mol. The molecule has 0 aliphatic carbocycles. The first kappa shape index (κ1) is 33.8. The van der Waals surface area contributed by atoms with Crippen molar-refractivity contribution in [1.29, 1.82) is 0 Å². The quantitative estimate of drug-likeness (QED) is 0.211. The molecule has 0 heterocycles. The summed E-state index contributed by atoms with van der Waals surface area (Å²) < 4.78 is 16.8. The molecule has 210 valence electrons. The molecule has 0 aliphatic heterocycles. The molecule has 0 saturated carbocycles. The van der Waals surface area contributed by atoms with E-state index >= 15 is 0 Å². The Labute approximate surface area is 216 Å². The summed E-state index contributed by atoms with van der Waals surface area (Å²) in [4.78, 5) is 47.1. The Bertz CT molecular complexity index is 690. The Balaban J connectivity index is 4.23. The Kier molecular flexibility index (Phi) is 15.5. The van der Waals surface area contributed by atoms with Crippen molar-refractivity contribution in [2.45, 2.75) is 118 Å². The molecule has 0 rings (SSSR count). The number of ether oxygens (including phenoxy) is 3. The van der Waals surface area contributed by atoms with Gasteiger partial charge in [-0.3, -0.25) is 15.0 Å². The second-order valence-corrected chi connectivity index (χ2v) is 11.2. The van der Waals surface area contributed by atoms with Gasteiger partial charge in [0, 0.05) is 19.6 Å². The van der Waals surface area contributed by atoms with Gasteiger partial charge in [0.15, 0.2) is 0 Å². The van der Waals surface area contributed by atoms with Gasteiger partial charge in [-0.05, 0) is 66.2 Å². The SMILES string of the molecule is CCC(CCOC(C)CCOC(C)(C)CC(=O)NNC(=O)OC(C)(C)C)CC(=O)NC(C=O)C(C)C. The fourth-order valence-electron chi connectivity index (χ4n) is 3.24. The highest BCUT2D eigenvalue weighted by molar-refractivity contribution is 5.80. The first-order valence-corrected chi connectivity index (χ1v) is 12.9. The number of hydrogen-bond donors (Lipinski definition) is 3. The molecule has 0 spiro atoms. The van der Waals surface area contributed by atoms with E-state index in [0.29, 0.717) is 26.1 Å². The van der Waals surface area contributed by atoms with Gasteiger partial charge < -0.3 is 24.3 Å². The van der Waals surface area contributed by atoms with Crippen molar-refractivity contribution in [3.8, 4) is 0 Å². The lowest BCUT2D eigenvalue weighted by molar-refractivity contribution is -0.129. The highest BCUT2D eigenvalue weighted by Crippen LogP contribution is 2.17. The average molecular weight is 516 g/mol. The van der Waals surface area contributed by atoms with Crippen LogP contribution in [0.2, 0.25) is 0 Å². The number of carbonyl (C=O) groups is 4. The highest BCUT2D eigenvalue weighted by atomic mass is 16.6. The van der Waals surface area contributed by atoms with Crippen LogP contribution in [0.15, 0.2) is 0 Å². The van der Waals surface area contributed by atoms with Crippen LogP contribution in [0.1, 0.15) is 94.4 Å². The van der Waals surface area contributed by atoms with Crippen LogP contribution in [-0.2, 0) is 28.6 Å². The van der Waals surface area contributed by atoms with Crippen molar-refractivity contribution in [3.63, 3.8) is 0 Å². The molecule has 0 radical (unpaired) electrons. The van der Waals surface area contributed by atoms with Crippen molar-refractivity contribution in [1.82, 2.24) is 16.2 Å². The standard InChI is InChI=1S/C26H49N3O7/c1-10-20(15-22(31)27-21(17-30)18(2)3)12-13-34-19(4)11-14-35-26(8,9)16-23(32)28-29-24(33)36-25(5,6)7/h17-21H,10-16H2,1-9H3,(H,27,31)(H,28,32)(H,29,33). The molecule has 0 fully saturated rings. The molecule has 3 atom stereocenters. The second kappa shape index (κ2) is 16.5. The van der Waals surface area contributed by atoms with Gasteiger partial charge in [-0.25, -0.2) is 10.2 Å². The van der Waals surface area contributed by atoms with Gasteiger partial charge in [-0.1, -0.05) is 27.2 Å². The maximum Gasteiger partial charge on any atom is 0.426 e. The third kappa shape index (κ3) is 17.3. The molecule has 10 nitrogen and oxygen atoms in total. The molecule has 0 bridgehead atoms. The number of nitrogens with one attached hydrogen (secondary N) is 3. The first-order valence-electron chi connectivity index (χ1n) is 12.9. The lowest BCUT2D eigenvalue weighted by Crippen LogP contribution is -2.46. The van der Waals surface area contributed by atoms with Crippen LogP contribution in [0.25, 0.3) is 0 Å². The van der Waals surface area contributed by atoms with E-state index < -0.39 is 29.2 Å². The molecule has 0 aromatic rings. The molecule has 0 aromatic carbocycles. The Hall–Kier alpha value is -2.20. The molecule has 0 aromatic heterocycles. The van der Waals surface area contributed by atoms with Crippen molar-refractivity contribution in [2.75, 3.05) is 13.2 Å². The fourth-order valence-corrected chi connectivity index (χ4v) is 3.24. The predicted molar refractivity (Wildman–Crippen MR) is 138 cm³/mol. The zero-order valence-corrected chi connectivity index (χ0v) is 23.7. The van der Waals surface area contributed by atoms with Crippen molar-refractivity contribution >= 4 is 24.2 Å². The number of amides is 3. The molecule has 0 saturated heterocycles. The van der Waals surface area contributed by atoms with Crippen LogP contribution in [0.5, 0.6) is 0 Å². The zero-order chi connectivity index (χ0) is 27.9. The van der Waals surface area contributed by atoms with Crippen LogP contribution in [0, 0.1) is 11.8 Å². The van der Waals surface area contributed by atoms with E-state index in [1.165, 1.54) is 0 Å². The Morgan fingerprint density at radius 2 is 1.56 bits per heavy atom. The third-order valence-corrected chi connectivity index (χ3v) is 5.48. The van der Waals surface area contributed by atoms with Gasteiger partial charge in [0.1, 0.15) is 11.9 Å². The molecule has 3 amide bonds. The number of rotatable bonds is 16. The van der Waals surface area contributed by atoms with Crippen LogP contribution in [0.4, 0.5) is 4.79 Å². The lowest BCUT2D eigenvalue weighted by atomic mass is 9.97. The van der Waals surface area contributed by atoms with Crippen molar-refractivity contribution in [2.24, 2.45) is 11.8 Å². The van der Waals surface area contributed by atoms with Crippen LogP contribution in [-0.4, -0.2) is 60.8 Å². The monoisotopic (exact) mass is 515 g/mol. The summed E-state index contributed by atoms with van der Waals surface area (Å²) in [5.74, 6) is -0.259. The topological polar surface area (TPSA) is 132 Å². The van der Waals surface area contributed by atoms with E-state index in [0.717, 1.165) is 19.1 Å². The summed E-state index contributed by atoms with van der Waals surface area (Å²) >= 11 is 0. The second-order valence-electron chi connectivity index (χ2n) is 11.2. The molecule has 36 heavy (non-hydrogen) atoms. The molecule has 10 heteroatoms. The van der Waals surface area contributed by atoms with E-state index in [4.69, 9.17) is 14.2 Å². The van der Waals surface area contributed by atoms with Crippen LogP contribution in [0.3, 0.4) is 0 Å². The number of hydrazine groups is 1. The van der Waals surface area contributed by atoms with Crippen LogP contribution < -0.4 is 16.2 Å². The smallest absolute Gasteiger partial charge is 0.426 e. The van der Waals surface area contributed by atoms with Gasteiger partial charge in [0.2, 0.25) is 11.8 Å². The first-order chi connectivity index (χ1) is 16.6. The van der Waals surface area contributed by atoms with Gasteiger partial charge in [-0.15, -0.1) is 0 Å². The van der Waals surface area contributed by atoms with Crippen molar-refractivity contribution < 1.29 is 33.4 Å². The normalized spacial score (nSPS) is 14.5. The summed E-state index contributed by atoms with van der Waals surface area (Å²) in [6.45, 7) is 17.5. The lowest BCUT2D eigenvalue weighted by Gasteiger charge is -2.26. The maximum atomic E-state index is 12.2. The Morgan fingerprint density at radius 3 is 2.08 bits per heavy atom. The summed E-state index contributed by atoms with van der Waals surface area (Å²) in [5.41, 5.74) is 3.16. The number of aldehydes is 1. The number of carbonyl (C=O) groups excluding carboxylic acids is 4. The molecule has 3 unspecified atom stereocenters. The summed E-state index contributed by atoms with van der Waals surface area (Å²) in [6, 6.07) is -0.456.